The fourth-order valence-electron chi connectivity index (χ4n) is 5.58. The normalized spacial score (nSPS) is 24.6. The molecule has 0 amide bonds. The van der Waals surface area contributed by atoms with Gasteiger partial charge in [0.05, 0.1) is 21.7 Å². The molecule has 0 aromatic carbocycles. The average Bonchev–Trinajstić information content (AvgIpc) is 3.41. The van der Waals surface area contributed by atoms with Crippen molar-refractivity contribution in [1.29, 1.82) is 0 Å². The minimum Gasteiger partial charge on any atom is -0.396 e. The monoisotopic (exact) mass is 514 g/mol. The van der Waals surface area contributed by atoms with Gasteiger partial charge in [-0.3, -0.25) is 4.98 Å². The molecule has 0 spiro atoms. The number of rotatable bonds is 8. The number of nitrogens with zero attached hydrogens (tertiary/aromatic N) is 4. The fourth-order valence-corrected chi connectivity index (χ4v) is 6.65. The van der Waals surface area contributed by atoms with Gasteiger partial charge in [-0.05, 0) is 63.9 Å². The van der Waals surface area contributed by atoms with Gasteiger partial charge in [0.15, 0.2) is 0 Å². The summed E-state index contributed by atoms with van der Waals surface area (Å²) in [4.78, 5) is 19.2. The summed E-state index contributed by atoms with van der Waals surface area (Å²) in [5.74, 6) is -0.710. The summed E-state index contributed by atoms with van der Waals surface area (Å²) in [7, 11) is 0. The second-order valence-corrected chi connectivity index (χ2v) is 11.9. The van der Waals surface area contributed by atoms with Crippen LogP contribution in [0.2, 0.25) is 0 Å². The SMILES string of the molecule is Cc1nc(NC(C)C2CC(F)(F)C2)nc(NC2CCC(CO)C2)c1-c1nc2c(C3CC3)nccc2s1. The van der Waals surface area contributed by atoms with E-state index in [4.69, 9.17) is 15.0 Å². The summed E-state index contributed by atoms with van der Waals surface area (Å²) in [5, 5.41) is 17.4. The molecule has 3 atom stereocenters. The van der Waals surface area contributed by atoms with Crippen molar-refractivity contribution in [2.24, 2.45) is 11.8 Å². The van der Waals surface area contributed by atoms with Crippen molar-refractivity contribution in [3.8, 4) is 10.6 Å². The van der Waals surface area contributed by atoms with Gasteiger partial charge in [0.1, 0.15) is 16.3 Å². The molecule has 192 valence electrons. The van der Waals surface area contributed by atoms with Gasteiger partial charge in [-0.25, -0.2) is 18.7 Å². The third-order valence-corrected chi connectivity index (χ3v) is 8.97. The van der Waals surface area contributed by atoms with Crippen LogP contribution < -0.4 is 10.6 Å². The molecule has 0 radical (unpaired) electrons. The van der Waals surface area contributed by atoms with Crippen LogP contribution in [0.3, 0.4) is 0 Å². The molecule has 3 saturated carbocycles. The number of hydrogen-bond acceptors (Lipinski definition) is 8. The number of alkyl halides is 2. The minimum absolute atomic E-state index is 0.0993. The van der Waals surface area contributed by atoms with Crippen molar-refractivity contribution in [2.45, 2.75) is 82.7 Å². The minimum atomic E-state index is -2.55. The Labute approximate surface area is 213 Å². The van der Waals surface area contributed by atoms with Crippen molar-refractivity contribution < 1.29 is 13.9 Å². The molecule has 3 aromatic heterocycles. The van der Waals surface area contributed by atoms with Crippen LogP contribution in [-0.2, 0) is 0 Å². The zero-order chi connectivity index (χ0) is 25.0. The molecule has 3 fully saturated rings. The molecule has 3 aliphatic carbocycles. The van der Waals surface area contributed by atoms with Crippen LogP contribution in [0.4, 0.5) is 20.5 Å². The predicted molar refractivity (Wildman–Crippen MR) is 138 cm³/mol. The predicted octanol–water partition coefficient (Wildman–Crippen LogP) is 5.75. The Kier molecular flexibility index (Phi) is 6.06. The summed E-state index contributed by atoms with van der Waals surface area (Å²) < 4.78 is 27.9. The molecule has 7 nitrogen and oxygen atoms in total. The quantitative estimate of drug-likeness (QED) is 0.352. The number of pyridine rings is 1. The fraction of sp³-hybridized carbons (Fsp3) is 0.615. The van der Waals surface area contributed by atoms with Crippen molar-refractivity contribution in [3.63, 3.8) is 0 Å². The third kappa shape index (κ3) is 4.65. The lowest BCUT2D eigenvalue weighted by Gasteiger charge is -2.39. The van der Waals surface area contributed by atoms with Crippen LogP contribution >= 0.6 is 11.3 Å². The van der Waals surface area contributed by atoms with Crippen LogP contribution in [-0.4, -0.2) is 49.7 Å². The van der Waals surface area contributed by atoms with E-state index in [1.807, 2.05) is 26.1 Å². The zero-order valence-corrected chi connectivity index (χ0v) is 21.4. The number of halogens is 2. The maximum Gasteiger partial charge on any atom is 0.248 e. The number of fused-ring (bicyclic) bond motifs is 1. The lowest BCUT2D eigenvalue weighted by atomic mass is 9.77. The summed E-state index contributed by atoms with van der Waals surface area (Å²) >= 11 is 1.62. The van der Waals surface area contributed by atoms with E-state index in [0.29, 0.717) is 23.6 Å². The molecule has 3 unspecified atom stereocenters. The number of hydrogen-bond donors (Lipinski definition) is 3. The van der Waals surface area contributed by atoms with E-state index in [2.05, 4.69) is 15.6 Å². The molecule has 0 aliphatic heterocycles. The molecule has 3 aromatic rings. The molecule has 10 heteroatoms. The van der Waals surface area contributed by atoms with Gasteiger partial charge >= 0.3 is 0 Å². The van der Waals surface area contributed by atoms with Crippen molar-refractivity contribution in [2.75, 3.05) is 17.2 Å². The van der Waals surface area contributed by atoms with Gasteiger partial charge in [0.2, 0.25) is 11.9 Å². The highest BCUT2D eigenvalue weighted by Gasteiger charge is 2.47. The largest absolute Gasteiger partial charge is 0.396 e. The van der Waals surface area contributed by atoms with Crippen LogP contribution in [0.25, 0.3) is 20.8 Å². The first-order chi connectivity index (χ1) is 17.3. The van der Waals surface area contributed by atoms with Crippen molar-refractivity contribution >= 4 is 33.3 Å². The Hall–Kier alpha value is -2.46. The number of aromatic nitrogens is 4. The van der Waals surface area contributed by atoms with Crippen LogP contribution in [0.15, 0.2) is 12.3 Å². The maximum atomic E-state index is 13.4. The highest BCUT2D eigenvalue weighted by atomic mass is 32.1. The third-order valence-electron chi connectivity index (χ3n) is 7.93. The summed E-state index contributed by atoms with van der Waals surface area (Å²) in [6.07, 6.45) is 6.80. The number of nitrogens with one attached hydrogen (secondary N) is 2. The van der Waals surface area contributed by atoms with E-state index in [-0.39, 0.29) is 37.5 Å². The Morgan fingerprint density at radius 3 is 2.67 bits per heavy atom. The highest BCUT2D eigenvalue weighted by molar-refractivity contribution is 7.21. The topological polar surface area (TPSA) is 95.9 Å². The zero-order valence-electron chi connectivity index (χ0n) is 20.6. The van der Waals surface area contributed by atoms with Gasteiger partial charge in [-0.2, -0.15) is 4.98 Å². The lowest BCUT2D eigenvalue weighted by Crippen LogP contribution is -2.44. The number of aliphatic hydroxyl groups is 1. The summed E-state index contributed by atoms with van der Waals surface area (Å²) in [5.41, 5.74) is 3.71. The van der Waals surface area contributed by atoms with E-state index in [9.17, 15) is 13.9 Å². The second-order valence-electron chi connectivity index (χ2n) is 10.9. The van der Waals surface area contributed by atoms with Gasteiger partial charge in [-0.15, -0.1) is 11.3 Å². The van der Waals surface area contributed by atoms with E-state index >= 15 is 0 Å². The van der Waals surface area contributed by atoms with Gasteiger partial charge < -0.3 is 15.7 Å². The van der Waals surface area contributed by atoms with Crippen molar-refractivity contribution in [3.05, 3.63) is 23.7 Å². The molecule has 36 heavy (non-hydrogen) atoms. The first kappa shape index (κ1) is 23.9. The van der Waals surface area contributed by atoms with Gasteiger partial charge in [-0.1, -0.05) is 0 Å². The summed E-state index contributed by atoms with van der Waals surface area (Å²) in [6.45, 7) is 4.06. The molecule has 3 aliphatic rings. The van der Waals surface area contributed by atoms with Crippen molar-refractivity contribution in [1.82, 2.24) is 19.9 Å². The van der Waals surface area contributed by atoms with Crippen LogP contribution in [0, 0.1) is 18.8 Å². The first-order valence-corrected chi connectivity index (χ1v) is 13.8. The van der Waals surface area contributed by atoms with E-state index in [1.165, 1.54) is 0 Å². The van der Waals surface area contributed by atoms with Crippen LogP contribution in [0.1, 0.15) is 69.2 Å². The molecule has 3 N–H and O–H groups in total. The molecular formula is C26H32F2N6OS. The Bertz CT molecular complexity index is 1270. The number of aryl methyl sites for hydroxylation is 1. The number of anilines is 2. The second kappa shape index (κ2) is 9.13. The van der Waals surface area contributed by atoms with E-state index in [0.717, 1.165) is 64.3 Å². The highest BCUT2D eigenvalue weighted by Crippen LogP contribution is 2.46. The Morgan fingerprint density at radius 1 is 1.17 bits per heavy atom. The van der Waals surface area contributed by atoms with E-state index in [1.54, 1.807) is 11.3 Å². The molecule has 6 rings (SSSR count). The summed E-state index contributed by atoms with van der Waals surface area (Å²) in [6, 6.07) is 2.06. The maximum absolute atomic E-state index is 13.4. The number of thiazole rings is 1. The van der Waals surface area contributed by atoms with Crippen LogP contribution in [0.5, 0.6) is 0 Å². The van der Waals surface area contributed by atoms with E-state index < -0.39 is 5.92 Å². The standard InChI is InChI=1S/C26H32F2N6OS/c1-13(17-10-26(27,28)11-17)30-25-31-14(2)20(23(34-25)32-18-6-3-15(9-18)12-35)24-33-22-19(36-24)7-8-29-21(22)16-4-5-16/h7-8,13,15-18,35H,3-6,9-12H2,1-2H3,(H2,30,31,32,34). The van der Waals surface area contributed by atoms with Gasteiger partial charge in [0, 0.05) is 43.6 Å². The first-order valence-electron chi connectivity index (χ1n) is 13.0. The Morgan fingerprint density at radius 2 is 1.97 bits per heavy atom. The number of aliphatic hydroxyl groups excluding tert-OH is 1. The molecule has 0 saturated heterocycles. The average molecular weight is 515 g/mol. The smallest absolute Gasteiger partial charge is 0.248 e. The Balaban J connectivity index is 1.34. The molecular weight excluding hydrogens is 482 g/mol. The molecule has 0 bridgehead atoms. The molecule has 3 heterocycles. The van der Waals surface area contributed by atoms with Gasteiger partial charge in [0.25, 0.3) is 0 Å². The lowest BCUT2D eigenvalue weighted by molar-refractivity contribution is -0.113.